The molecule has 1 N–H and O–H groups in total. The summed E-state index contributed by atoms with van der Waals surface area (Å²) in [6.07, 6.45) is 3.31. The number of fused-ring (bicyclic) bond motifs is 8. The molecule has 0 spiro atoms. The van der Waals surface area contributed by atoms with Crippen molar-refractivity contribution >= 4 is 65.9 Å². The SMILES string of the molecule is c1ccc(C2N=C(c3ccc4ccc5c6ccccc6ccc5c4c3)N=C(c3cncc4oc5ccccc5c34)N2)cc1. The van der Waals surface area contributed by atoms with E-state index in [0.717, 1.165) is 38.6 Å². The second-order valence-corrected chi connectivity index (χ2v) is 10.9. The van der Waals surface area contributed by atoms with Gasteiger partial charge < -0.3 is 9.73 Å². The van der Waals surface area contributed by atoms with Crippen LogP contribution in [0, 0.1) is 0 Å². The summed E-state index contributed by atoms with van der Waals surface area (Å²) in [7, 11) is 0. The minimum atomic E-state index is -0.315. The molecule has 0 bridgehead atoms. The Kier molecular flexibility index (Phi) is 5.19. The van der Waals surface area contributed by atoms with Crippen molar-refractivity contribution in [1.82, 2.24) is 10.3 Å². The number of hydrogen-bond acceptors (Lipinski definition) is 5. The lowest BCUT2D eigenvalue weighted by Crippen LogP contribution is -2.33. The molecule has 0 saturated heterocycles. The first-order chi connectivity index (χ1) is 21.3. The molecule has 9 rings (SSSR count). The van der Waals surface area contributed by atoms with E-state index < -0.39 is 0 Å². The smallest absolute Gasteiger partial charge is 0.159 e. The highest BCUT2D eigenvalue weighted by molar-refractivity contribution is 6.23. The van der Waals surface area contributed by atoms with Crippen molar-refractivity contribution < 1.29 is 4.42 Å². The van der Waals surface area contributed by atoms with Crippen LogP contribution in [0.5, 0.6) is 0 Å². The summed E-state index contributed by atoms with van der Waals surface area (Å²) >= 11 is 0. The number of nitrogens with one attached hydrogen (secondary N) is 1. The quantitative estimate of drug-likeness (QED) is 0.223. The number of nitrogens with zero attached hydrogens (tertiary/aromatic N) is 3. The third kappa shape index (κ3) is 3.82. The Hall–Kier alpha value is -5.81. The van der Waals surface area contributed by atoms with Crippen molar-refractivity contribution in [3.63, 3.8) is 0 Å². The standard InChI is InChI=1S/C38H24N4O/c1-2-9-25(10-3-1)36-40-37(42-38(41-36)32-21-39-22-34-35(32)30-12-6-7-13-33(30)43-34)26-15-14-24-17-18-28-27-11-5-4-8-23(27)16-19-29(28)31(24)20-26/h1-22,36H,(H,40,41,42). The average molecular weight is 553 g/mol. The highest BCUT2D eigenvalue weighted by Gasteiger charge is 2.24. The highest BCUT2D eigenvalue weighted by Crippen LogP contribution is 2.34. The van der Waals surface area contributed by atoms with Crippen molar-refractivity contribution in [1.29, 1.82) is 0 Å². The molecule has 0 saturated carbocycles. The van der Waals surface area contributed by atoms with Crippen LogP contribution in [0.1, 0.15) is 22.9 Å². The number of amidine groups is 2. The summed E-state index contributed by atoms with van der Waals surface area (Å²) in [5.74, 6) is 1.39. The van der Waals surface area contributed by atoms with Gasteiger partial charge in [-0.05, 0) is 50.0 Å². The number of aliphatic imine (C=N–C) groups is 2. The van der Waals surface area contributed by atoms with Gasteiger partial charge in [0.15, 0.2) is 11.4 Å². The Morgan fingerprint density at radius 2 is 1.30 bits per heavy atom. The van der Waals surface area contributed by atoms with Gasteiger partial charge in [-0.25, -0.2) is 9.98 Å². The second-order valence-electron chi connectivity index (χ2n) is 10.9. The minimum Gasteiger partial charge on any atom is -0.454 e. The molecule has 43 heavy (non-hydrogen) atoms. The van der Waals surface area contributed by atoms with Gasteiger partial charge in [-0.1, -0.05) is 109 Å². The molecule has 1 unspecified atom stereocenters. The molecule has 0 fully saturated rings. The zero-order valence-corrected chi connectivity index (χ0v) is 23.0. The minimum absolute atomic E-state index is 0.315. The van der Waals surface area contributed by atoms with E-state index in [1.165, 1.54) is 32.3 Å². The van der Waals surface area contributed by atoms with Crippen LogP contribution >= 0.6 is 0 Å². The molecule has 6 aromatic carbocycles. The van der Waals surface area contributed by atoms with E-state index in [9.17, 15) is 0 Å². The number of para-hydroxylation sites is 1. The molecule has 8 aromatic rings. The number of pyridine rings is 1. The highest BCUT2D eigenvalue weighted by atomic mass is 16.3. The monoisotopic (exact) mass is 552 g/mol. The van der Waals surface area contributed by atoms with Gasteiger partial charge in [-0.2, -0.15) is 0 Å². The number of benzene rings is 6. The van der Waals surface area contributed by atoms with E-state index in [2.05, 4.69) is 95.2 Å². The number of furan rings is 1. The summed E-state index contributed by atoms with van der Waals surface area (Å²) in [6.45, 7) is 0. The predicted octanol–water partition coefficient (Wildman–Crippen LogP) is 8.94. The predicted molar refractivity (Wildman–Crippen MR) is 176 cm³/mol. The zero-order valence-electron chi connectivity index (χ0n) is 23.0. The van der Waals surface area contributed by atoms with Crippen LogP contribution < -0.4 is 5.32 Å². The Morgan fingerprint density at radius 3 is 2.19 bits per heavy atom. The topological polar surface area (TPSA) is 62.8 Å². The maximum absolute atomic E-state index is 6.15. The van der Waals surface area contributed by atoms with E-state index >= 15 is 0 Å². The van der Waals surface area contributed by atoms with Crippen LogP contribution in [-0.4, -0.2) is 16.7 Å². The Labute approximate surface area is 246 Å². The van der Waals surface area contributed by atoms with Gasteiger partial charge in [0.2, 0.25) is 0 Å². The van der Waals surface area contributed by atoms with Gasteiger partial charge in [0.05, 0.1) is 6.20 Å². The van der Waals surface area contributed by atoms with Gasteiger partial charge in [0, 0.05) is 28.1 Å². The van der Waals surface area contributed by atoms with Gasteiger partial charge in [-0.3, -0.25) is 4.98 Å². The molecule has 0 aliphatic carbocycles. The van der Waals surface area contributed by atoms with Crippen molar-refractivity contribution in [3.05, 3.63) is 150 Å². The normalized spacial score (nSPS) is 15.2. The van der Waals surface area contributed by atoms with E-state index in [1.807, 2.05) is 42.6 Å². The van der Waals surface area contributed by atoms with Crippen LogP contribution in [0.25, 0.3) is 54.3 Å². The van der Waals surface area contributed by atoms with E-state index in [-0.39, 0.29) is 6.17 Å². The van der Waals surface area contributed by atoms with Crippen molar-refractivity contribution in [2.24, 2.45) is 9.98 Å². The Bertz CT molecular complexity index is 2440. The average Bonchev–Trinajstić information content (AvgIpc) is 3.47. The first-order valence-corrected chi connectivity index (χ1v) is 14.4. The lowest BCUT2D eigenvalue weighted by Gasteiger charge is -2.24. The van der Waals surface area contributed by atoms with E-state index in [4.69, 9.17) is 14.4 Å². The van der Waals surface area contributed by atoms with Crippen LogP contribution in [0.15, 0.2) is 148 Å². The Morgan fingerprint density at radius 1 is 0.581 bits per heavy atom. The van der Waals surface area contributed by atoms with Crippen molar-refractivity contribution in [3.8, 4) is 0 Å². The first-order valence-electron chi connectivity index (χ1n) is 14.4. The van der Waals surface area contributed by atoms with Gasteiger partial charge in [-0.15, -0.1) is 0 Å². The summed E-state index contributed by atoms with van der Waals surface area (Å²) < 4.78 is 6.15. The van der Waals surface area contributed by atoms with Crippen molar-refractivity contribution in [2.75, 3.05) is 0 Å². The Balaban J connectivity index is 1.26. The largest absolute Gasteiger partial charge is 0.454 e. The lowest BCUT2D eigenvalue weighted by atomic mass is 9.96. The second kappa shape index (κ2) is 9.36. The molecule has 1 aliphatic heterocycles. The molecule has 3 heterocycles. The summed E-state index contributed by atoms with van der Waals surface area (Å²) in [5.41, 5.74) is 4.46. The fourth-order valence-electron chi connectivity index (χ4n) is 6.34. The zero-order chi connectivity index (χ0) is 28.3. The summed E-state index contributed by atoms with van der Waals surface area (Å²) in [4.78, 5) is 14.8. The molecule has 0 amide bonds. The lowest BCUT2D eigenvalue weighted by molar-refractivity contribution is 0.665. The van der Waals surface area contributed by atoms with Gasteiger partial charge in [0.25, 0.3) is 0 Å². The molecule has 1 aliphatic rings. The fraction of sp³-hybridized carbons (Fsp3) is 0.0263. The maximum Gasteiger partial charge on any atom is 0.159 e. The van der Waals surface area contributed by atoms with Gasteiger partial charge in [0.1, 0.15) is 17.6 Å². The molecule has 5 heteroatoms. The molecule has 202 valence electrons. The number of aromatic nitrogens is 1. The third-order valence-corrected chi connectivity index (χ3v) is 8.40. The number of rotatable bonds is 3. The molecular weight excluding hydrogens is 528 g/mol. The van der Waals surface area contributed by atoms with E-state index in [1.54, 1.807) is 6.20 Å². The van der Waals surface area contributed by atoms with Crippen LogP contribution in [0.3, 0.4) is 0 Å². The van der Waals surface area contributed by atoms with Crippen LogP contribution in [0.2, 0.25) is 0 Å². The van der Waals surface area contributed by atoms with E-state index in [0.29, 0.717) is 11.7 Å². The summed E-state index contributed by atoms with van der Waals surface area (Å²) in [5, 5.41) is 12.9. The third-order valence-electron chi connectivity index (χ3n) is 8.40. The molecular formula is C38H24N4O. The first kappa shape index (κ1) is 23.9. The van der Waals surface area contributed by atoms with Gasteiger partial charge >= 0.3 is 0 Å². The maximum atomic E-state index is 6.15. The molecule has 2 aromatic heterocycles. The van der Waals surface area contributed by atoms with Crippen molar-refractivity contribution in [2.45, 2.75) is 6.17 Å². The molecule has 1 atom stereocenters. The molecule has 5 nitrogen and oxygen atoms in total. The number of hydrogen-bond donors (Lipinski definition) is 1. The molecule has 0 radical (unpaired) electrons. The van der Waals surface area contributed by atoms with Crippen LogP contribution in [0.4, 0.5) is 0 Å². The van der Waals surface area contributed by atoms with Crippen LogP contribution in [-0.2, 0) is 0 Å². The summed E-state index contributed by atoms with van der Waals surface area (Å²) in [6, 6.07) is 42.3. The fourth-order valence-corrected chi connectivity index (χ4v) is 6.34.